The highest BCUT2D eigenvalue weighted by atomic mass is 16.3. The van der Waals surface area contributed by atoms with E-state index < -0.39 is 0 Å². The lowest BCUT2D eigenvalue weighted by Crippen LogP contribution is -2.52. The largest absolute Gasteiger partial charge is 0.393 e. The maximum Gasteiger partial charge on any atom is 0.0762 e. The van der Waals surface area contributed by atoms with E-state index in [0.29, 0.717) is 29.1 Å². The van der Waals surface area contributed by atoms with Crippen molar-refractivity contribution in [1.29, 1.82) is 0 Å². The molecule has 4 rings (SSSR count). The molecule has 4 aliphatic rings. The number of hydrogen-bond donors (Lipinski definition) is 2. The first-order valence-corrected chi connectivity index (χ1v) is 13.7. The number of rotatable bonds is 6. The minimum Gasteiger partial charge on any atom is -0.393 e. The number of fused-ring (bicyclic) bond motifs is 5. The van der Waals surface area contributed by atoms with E-state index in [1.54, 1.807) is 5.57 Å². The van der Waals surface area contributed by atoms with Crippen molar-refractivity contribution in [2.45, 2.75) is 118 Å². The number of aliphatic hydroxyl groups is 2. The molecule has 4 aliphatic carbocycles. The second-order valence-electron chi connectivity index (χ2n) is 13.0. The van der Waals surface area contributed by atoms with Crippen LogP contribution in [-0.4, -0.2) is 22.4 Å². The normalized spacial score (nSPS) is 46.7. The number of hydrogen-bond acceptors (Lipinski definition) is 2. The zero-order valence-electron chi connectivity index (χ0n) is 21.2. The lowest BCUT2D eigenvalue weighted by atomic mass is 9.45. The van der Waals surface area contributed by atoms with Crippen LogP contribution in [-0.2, 0) is 0 Å². The molecule has 0 heterocycles. The third-order valence-electron chi connectivity index (χ3n) is 11.2. The highest BCUT2D eigenvalue weighted by Crippen LogP contribution is 2.66. The molecular formula is C29H50O2. The summed E-state index contributed by atoms with van der Waals surface area (Å²) in [6.07, 6.45) is 14.2. The first kappa shape index (κ1) is 23.8. The fraction of sp³-hybridized carbons (Fsp3) is 0.931. The molecule has 0 saturated heterocycles. The Morgan fingerprint density at radius 3 is 2.42 bits per heavy atom. The van der Waals surface area contributed by atoms with Gasteiger partial charge < -0.3 is 10.2 Å². The summed E-state index contributed by atoms with van der Waals surface area (Å²) in [6, 6.07) is 0. The molecule has 0 bridgehead atoms. The van der Waals surface area contributed by atoms with Crippen LogP contribution in [0.5, 0.6) is 0 Å². The van der Waals surface area contributed by atoms with Crippen LogP contribution >= 0.6 is 0 Å². The minimum atomic E-state index is -0.258. The Bertz CT molecular complexity index is 668. The number of allylic oxidation sites excluding steroid dienone is 1. The summed E-state index contributed by atoms with van der Waals surface area (Å²) in [5.74, 6) is 4.67. The molecule has 0 spiro atoms. The van der Waals surface area contributed by atoms with Crippen LogP contribution in [0.4, 0.5) is 0 Å². The fourth-order valence-electron chi connectivity index (χ4n) is 9.27. The average Bonchev–Trinajstić information content (AvgIpc) is 2.98. The minimum absolute atomic E-state index is 0.0704. The van der Waals surface area contributed by atoms with Crippen molar-refractivity contribution in [3.05, 3.63) is 11.6 Å². The van der Waals surface area contributed by atoms with Crippen molar-refractivity contribution in [3.63, 3.8) is 0 Å². The molecule has 0 aromatic carbocycles. The summed E-state index contributed by atoms with van der Waals surface area (Å²) in [7, 11) is 0. The topological polar surface area (TPSA) is 40.5 Å². The zero-order chi connectivity index (χ0) is 22.6. The molecule has 2 heteroatoms. The predicted octanol–water partition coefficient (Wildman–Crippen LogP) is 7.00. The van der Waals surface area contributed by atoms with Gasteiger partial charge in [0.25, 0.3) is 0 Å². The monoisotopic (exact) mass is 430 g/mol. The third-order valence-corrected chi connectivity index (χ3v) is 11.2. The molecule has 31 heavy (non-hydrogen) atoms. The molecule has 0 radical (unpaired) electrons. The Labute approximate surface area is 192 Å². The molecule has 2 nitrogen and oxygen atoms in total. The van der Waals surface area contributed by atoms with Gasteiger partial charge >= 0.3 is 0 Å². The Balaban J connectivity index is 1.51. The standard InChI is InChI=1S/C29H50O2/c1-7-20(18(2)3)9-8-19(4)27-26(31)17-25-23-11-10-21-16-22(30)12-14-28(21,5)24(23)13-15-29(25,27)6/h17-24,26-27,30-31H,7-16H2,1-6H3/t19-,20+,21+,22+,23-,24+,26-,27+,28+,29+/m1/s1. The first-order valence-electron chi connectivity index (χ1n) is 13.7. The van der Waals surface area contributed by atoms with E-state index in [9.17, 15) is 10.2 Å². The van der Waals surface area contributed by atoms with Crippen molar-refractivity contribution in [3.8, 4) is 0 Å². The van der Waals surface area contributed by atoms with Gasteiger partial charge in [-0.15, -0.1) is 0 Å². The summed E-state index contributed by atoms with van der Waals surface area (Å²) in [6.45, 7) is 14.6. The molecule has 0 aliphatic heterocycles. The van der Waals surface area contributed by atoms with E-state index in [0.717, 1.165) is 30.6 Å². The van der Waals surface area contributed by atoms with Gasteiger partial charge in [0.1, 0.15) is 0 Å². The molecule has 0 unspecified atom stereocenters. The first-order chi connectivity index (χ1) is 14.6. The van der Waals surface area contributed by atoms with Crippen LogP contribution in [0.25, 0.3) is 0 Å². The lowest BCUT2D eigenvalue weighted by Gasteiger charge is -2.59. The second kappa shape index (κ2) is 8.79. The van der Waals surface area contributed by atoms with Gasteiger partial charge in [0.15, 0.2) is 0 Å². The van der Waals surface area contributed by atoms with E-state index in [-0.39, 0.29) is 17.6 Å². The highest BCUT2D eigenvalue weighted by Gasteiger charge is 2.59. The van der Waals surface area contributed by atoms with Gasteiger partial charge in [0, 0.05) is 5.92 Å². The molecule has 0 amide bonds. The summed E-state index contributed by atoms with van der Waals surface area (Å²) in [5.41, 5.74) is 2.22. The molecular weight excluding hydrogens is 380 g/mol. The van der Waals surface area contributed by atoms with E-state index in [1.165, 1.54) is 51.4 Å². The predicted molar refractivity (Wildman–Crippen MR) is 130 cm³/mol. The average molecular weight is 431 g/mol. The van der Waals surface area contributed by atoms with Crippen LogP contribution < -0.4 is 0 Å². The van der Waals surface area contributed by atoms with E-state index in [2.05, 4.69) is 47.6 Å². The summed E-state index contributed by atoms with van der Waals surface area (Å²) in [5, 5.41) is 21.6. The molecule has 10 atom stereocenters. The van der Waals surface area contributed by atoms with E-state index in [1.807, 2.05) is 0 Å². The molecule has 0 aromatic rings. The zero-order valence-corrected chi connectivity index (χ0v) is 21.2. The van der Waals surface area contributed by atoms with Crippen LogP contribution in [0.15, 0.2) is 11.6 Å². The smallest absolute Gasteiger partial charge is 0.0762 e. The van der Waals surface area contributed by atoms with Crippen molar-refractivity contribution in [1.82, 2.24) is 0 Å². The molecule has 178 valence electrons. The summed E-state index contributed by atoms with van der Waals surface area (Å²) in [4.78, 5) is 0. The van der Waals surface area contributed by atoms with Gasteiger partial charge in [-0.2, -0.15) is 0 Å². The second-order valence-corrected chi connectivity index (χ2v) is 13.0. The fourth-order valence-corrected chi connectivity index (χ4v) is 9.27. The van der Waals surface area contributed by atoms with Gasteiger partial charge in [0.05, 0.1) is 12.2 Å². The number of aliphatic hydroxyl groups excluding tert-OH is 2. The Hall–Kier alpha value is -0.340. The van der Waals surface area contributed by atoms with Gasteiger partial charge in [-0.25, -0.2) is 0 Å². The molecule has 3 saturated carbocycles. The molecule has 2 N–H and O–H groups in total. The lowest BCUT2D eigenvalue weighted by molar-refractivity contribution is -0.0888. The van der Waals surface area contributed by atoms with Crippen molar-refractivity contribution < 1.29 is 10.2 Å². The van der Waals surface area contributed by atoms with Crippen LogP contribution in [0.2, 0.25) is 0 Å². The maximum atomic E-state index is 11.3. The molecule has 3 fully saturated rings. The van der Waals surface area contributed by atoms with Gasteiger partial charge in [0.2, 0.25) is 0 Å². The van der Waals surface area contributed by atoms with Crippen LogP contribution in [0, 0.1) is 52.3 Å². The van der Waals surface area contributed by atoms with Crippen LogP contribution in [0.3, 0.4) is 0 Å². The summed E-state index contributed by atoms with van der Waals surface area (Å²) >= 11 is 0. The highest BCUT2D eigenvalue weighted by molar-refractivity contribution is 5.32. The quantitative estimate of drug-likeness (QED) is 0.446. The van der Waals surface area contributed by atoms with Gasteiger partial charge in [-0.1, -0.05) is 66.0 Å². The Morgan fingerprint density at radius 2 is 1.74 bits per heavy atom. The van der Waals surface area contributed by atoms with Crippen molar-refractivity contribution in [2.75, 3.05) is 0 Å². The molecule has 0 aromatic heterocycles. The van der Waals surface area contributed by atoms with Gasteiger partial charge in [-0.3, -0.25) is 0 Å². The van der Waals surface area contributed by atoms with Gasteiger partial charge in [-0.05, 0) is 97.7 Å². The van der Waals surface area contributed by atoms with E-state index >= 15 is 0 Å². The van der Waals surface area contributed by atoms with Crippen molar-refractivity contribution in [2.24, 2.45) is 52.3 Å². The third kappa shape index (κ3) is 3.96. The Kier molecular flexibility index (Phi) is 6.75. The van der Waals surface area contributed by atoms with Crippen LogP contribution in [0.1, 0.15) is 106 Å². The maximum absolute atomic E-state index is 11.3. The van der Waals surface area contributed by atoms with E-state index in [4.69, 9.17) is 0 Å². The summed E-state index contributed by atoms with van der Waals surface area (Å²) < 4.78 is 0. The Morgan fingerprint density at radius 1 is 1.00 bits per heavy atom. The SMILES string of the molecule is CC[C@@H](CC[C@@H](C)[C@H]1[C@H](O)C=C2[C@@H]3CC[C@H]4C[C@@H](O)CC[C@]4(C)[C@H]3CC[C@@]21C)C(C)C. The van der Waals surface area contributed by atoms with Crippen molar-refractivity contribution >= 4 is 0 Å².